The van der Waals surface area contributed by atoms with Crippen LogP contribution in [-0.2, 0) is 35.3 Å². The lowest BCUT2D eigenvalue weighted by molar-refractivity contribution is -0.113. The first-order chi connectivity index (χ1) is 17.5. The number of amides is 1. The zero-order valence-electron chi connectivity index (χ0n) is 21.5. The summed E-state index contributed by atoms with van der Waals surface area (Å²) in [6.07, 6.45) is 14.3. The maximum Gasteiger partial charge on any atom is 0.341 e. The highest BCUT2D eigenvalue weighted by atomic mass is 32.2. The Morgan fingerprint density at radius 2 is 1.97 bits per heavy atom. The first-order valence-corrected chi connectivity index (χ1v) is 15.1. The van der Waals surface area contributed by atoms with Gasteiger partial charge < -0.3 is 14.6 Å². The van der Waals surface area contributed by atoms with Gasteiger partial charge in [-0.15, -0.1) is 28.1 Å². The molecule has 4 rings (SSSR count). The van der Waals surface area contributed by atoms with Crippen molar-refractivity contribution < 1.29 is 14.3 Å². The molecule has 2 heterocycles. The maximum absolute atomic E-state index is 12.9. The number of nitrogens with one attached hydrogen (secondary N) is 1. The molecule has 2 aliphatic rings. The average molecular weight is 531 g/mol. The minimum absolute atomic E-state index is 0.158. The van der Waals surface area contributed by atoms with Gasteiger partial charge in [-0.3, -0.25) is 4.79 Å². The number of aromatic nitrogens is 3. The van der Waals surface area contributed by atoms with Crippen molar-refractivity contribution in [3.05, 3.63) is 34.5 Å². The summed E-state index contributed by atoms with van der Waals surface area (Å²) in [5, 5.41) is 13.2. The predicted octanol–water partition coefficient (Wildman–Crippen LogP) is 6.21. The number of rotatable bonds is 11. The summed E-state index contributed by atoms with van der Waals surface area (Å²) in [5.41, 5.74) is 1.59. The number of esters is 1. The van der Waals surface area contributed by atoms with E-state index >= 15 is 0 Å². The van der Waals surface area contributed by atoms with Gasteiger partial charge in [0, 0.05) is 17.8 Å². The van der Waals surface area contributed by atoms with E-state index in [9.17, 15) is 9.59 Å². The summed E-state index contributed by atoms with van der Waals surface area (Å²) in [7, 11) is 0. The molecule has 2 aliphatic carbocycles. The van der Waals surface area contributed by atoms with Crippen molar-refractivity contribution >= 4 is 40.0 Å². The van der Waals surface area contributed by atoms with Crippen molar-refractivity contribution in [3.8, 4) is 0 Å². The van der Waals surface area contributed by atoms with Crippen molar-refractivity contribution in [2.45, 2.75) is 102 Å². The lowest BCUT2D eigenvalue weighted by Gasteiger charge is -2.21. The summed E-state index contributed by atoms with van der Waals surface area (Å²) in [4.78, 5) is 27.0. The van der Waals surface area contributed by atoms with Gasteiger partial charge in [-0.25, -0.2) is 4.79 Å². The number of carbonyl (C=O) groups excluding carboxylic acids is 2. The van der Waals surface area contributed by atoms with E-state index in [1.165, 1.54) is 60.1 Å². The first kappa shape index (κ1) is 26.9. The molecule has 0 aliphatic heterocycles. The first-order valence-electron chi connectivity index (χ1n) is 13.3. The SMILES string of the molecule is C=CCn1c(CCC2CCCCC2)nnc1SCC(=O)Nc1sc2c(c1C(=O)OC(C)C)CCCC2. The van der Waals surface area contributed by atoms with Crippen molar-refractivity contribution in [1.29, 1.82) is 0 Å². The number of aryl methyl sites for hydroxylation is 2. The molecule has 1 saturated carbocycles. The molecular formula is C27H38N4O3S2. The third kappa shape index (κ3) is 6.79. The van der Waals surface area contributed by atoms with Crippen molar-refractivity contribution in [1.82, 2.24) is 14.8 Å². The minimum Gasteiger partial charge on any atom is -0.459 e. The van der Waals surface area contributed by atoms with E-state index in [2.05, 4.69) is 26.7 Å². The maximum atomic E-state index is 12.9. The minimum atomic E-state index is -0.347. The fraction of sp³-hybridized carbons (Fsp3) is 0.630. The number of thiophene rings is 1. The van der Waals surface area contributed by atoms with Gasteiger partial charge in [-0.05, 0) is 57.4 Å². The van der Waals surface area contributed by atoms with Gasteiger partial charge in [0.2, 0.25) is 5.91 Å². The number of allylic oxidation sites excluding steroid dienone is 1. The lowest BCUT2D eigenvalue weighted by Crippen LogP contribution is -2.19. The van der Waals surface area contributed by atoms with Crippen LogP contribution in [0.2, 0.25) is 0 Å². The lowest BCUT2D eigenvalue weighted by atomic mass is 9.86. The number of thioether (sulfide) groups is 1. The highest BCUT2D eigenvalue weighted by molar-refractivity contribution is 7.99. The van der Waals surface area contributed by atoms with Gasteiger partial charge in [0.25, 0.3) is 0 Å². The topological polar surface area (TPSA) is 86.1 Å². The molecule has 9 heteroatoms. The van der Waals surface area contributed by atoms with Gasteiger partial charge >= 0.3 is 5.97 Å². The molecule has 1 amide bonds. The highest BCUT2D eigenvalue weighted by Crippen LogP contribution is 2.39. The van der Waals surface area contributed by atoms with Crippen LogP contribution in [0.5, 0.6) is 0 Å². The van der Waals surface area contributed by atoms with Crippen LogP contribution in [-0.4, -0.2) is 38.5 Å². The van der Waals surface area contributed by atoms with Gasteiger partial charge in [0.05, 0.1) is 17.4 Å². The standard InChI is InChI=1S/C27H38N4O3S2/c1-4-16-31-22(15-14-19-10-6-5-7-11-19)29-30-27(31)35-17-23(32)28-25-24(26(33)34-18(2)3)20-12-8-9-13-21(20)36-25/h4,18-19H,1,5-17H2,2-3H3,(H,28,32). The number of nitrogens with zero attached hydrogens (tertiary/aromatic N) is 3. The van der Waals surface area contributed by atoms with Crippen LogP contribution in [0.1, 0.15) is 91.8 Å². The summed E-state index contributed by atoms with van der Waals surface area (Å²) < 4.78 is 7.58. The van der Waals surface area contributed by atoms with Gasteiger partial charge in [0.1, 0.15) is 10.8 Å². The number of fused-ring (bicyclic) bond motifs is 1. The van der Waals surface area contributed by atoms with E-state index in [1.807, 2.05) is 19.9 Å². The van der Waals surface area contributed by atoms with Gasteiger partial charge in [-0.2, -0.15) is 0 Å². The largest absolute Gasteiger partial charge is 0.459 e. The van der Waals surface area contributed by atoms with Crippen LogP contribution in [0.3, 0.4) is 0 Å². The average Bonchev–Trinajstić information content (AvgIpc) is 3.42. The second-order valence-corrected chi connectivity index (χ2v) is 12.1. The Bertz CT molecular complexity index is 1070. The van der Waals surface area contributed by atoms with Crippen LogP contribution in [0.25, 0.3) is 0 Å². The number of carbonyl (C=O) groups is 2. The third-order valence-corrected chi connectivity index (χ3v) is 9.08. The molecule has 2 aromatic heterocycles. The van der Waals surface area contributed by atoms with E-state index in [4.69, 9.17) is 4.74 Å². The Morgan fingerprint density at radius 3 is 2.72 bits per heavy atom. The molecule has 1 fully saturated rings. The summed E-state index contributed by atoms with van der Waals surface area (Å²) in [5.74, 6) is 1.43. The molecule has 0 aromatic carbocycles. The van der Waals surface area contributed by atoms with Crippen LogP contribution in [0.15, 0.2) is 17.8 Å². The molecule has 0 spiro atoms. The molecule has 0 radical (unpaired) electrons. The molecule has 1 N–H and O–H groups in total. The summed E-state index contributed by atoms with van der Waals surface area (Å²) in [6, 6.07) is 0. The van der Waals surface area contributed by atoms with Crippen molar-refractivity contribution in [3.63, 3.8) is 0 Å². The molecule has 196 valence electrons. The molecular weight excluding hydrogens is 492 g/mol. The zero-order chi connectivity index (χ0) is 25.5. The van der Waals surface area contributed by atoms with E-state index in [-0.39, 0.29) is 23.7 Å². The highest BCUT2D eigenvalue weighted by Gasteiger charge is 2.28. The molecule has 0 bridgehead atoms. The second kappa shape index (κ2) is 12.9. The number of anilines is 1. The normalized spacial score (nSPS) is 16.1. The molecule has 0 saturated heterocycles. The summed E-state index contributed by atoms with van der Waals surface area (Å²) >= 11 is 2.89. The smallest absolute Gasteiger partial charge is 0.341 e. The van der Waals surface area contributed by atoms with E-state index in [0.29, 0.717) is 17.1 Å². The number of hydrogen-bond donors (Lipinski definition) is 1. The monoisotopic (exact) mass is 530 g/mol. The quantitative estimate of drug-likeness (QED) is 0.211. The van der Waals surface area contributed by atoms with Crippen LogP contribution >= 0.6 is 23.1 Å². The van der Waals surface area contributed by atoms with E-state index in [1.54, 1.807) is 0 Å². The van der Waals surface area contributed by atoms with Crippen molar-refractivity contribution in [2.24, 2.45) is 5.92 Å². The Labute approximate surface area is 222 Å². The second-order valence-electron chi connectivity index (χ2n) is 10.0. The Kier molecular flexibility index (Phi) is 9.65. The Morgan fingerprint density at radius 1 is 1.19 bits per heavy atom. The number of ether oxygens (including phenoxy) is 1. The molecule has 36 heavy (non-hydrogen) atoms. The van der Waals surface area contributed by atoms with E-state index in [0.717, 1.165) is 61.0 Å². The third-order valence-electron chi connectivity index (χ3n) is 6.91. The molecule has 0 unspecified atom stereocenters. The Hall–Kier alpha value is -2.13. The molecule has 2 aromatic rings. The molecule has 0 atom stereocenters. The number of hydrogen-bond acceptors (Lipinski definition) is 7. The summed E-state index contributed by atoms with van der Waals surface area (Å²) in [6.45, 7) is 8.20. The van der Waals surface area contributed by atoms with Crippen LogP contribution in [0, 0.1) is 5.92 Å². The fourth-order valence-corrected chi connectivity index (χ4v) is 7.23. The zero-order valence-corrected chi connectivity index (χ0v) is 23.1. The van der Waals surface area contributed by atoms with Gasteiger partial charge in [-0.1, -0.05) is 49.9 Å². The van der Waals surface area contributed by atoms with Crippen LogP contribution < -0.4 is 5.32 Å². The fourth-order valence-electron chi connectivity index (χ4n) is 5.17. The van der Waals surface area contributed by atoms with Crippen LogP contribution in [0.4, 0.5) is 5.00 Å². The molecule has 7 nitrogen and oxygen atoms in total. The predicted molar refractivity (Wildman–Crippen MR) is 146 cm³/mol. The Balaban J connectivity index is 1.40. The van der Waals surface area contributed by atoms with E-state index < -0.39 is 0 Å². The van der Waals surface area contributed by atoms with Gasteiger partial charge in [0.15, 0.2) is 5.16 Å². The van der Waals surface area contributed by atoms with Crippen molar-refractivity contribution in [2.75, 3.05) is 11.1 Å².